The van der Waals surface area contributed by atoms with Crippen molar-refractivity contribution in [3.63, 3.8) is 0 Å². The van der Waals surface area contributed by atoms with Crippen LogP contribution in [0.2, 0.25) is 0 Å². The van der Waals surface area contributed by atoms with Crippen LogP contribution in [-0.4, -0.2) is 28.3 Å². The highest BCUT2D eigenvalue weighted by molar-refractivity contribution is 9.10. The number of rotatable bonds is 1. The SMILES string of the molecule is CC1(C)OB(c2ccc3[nH]c(C(F)(F)F)cc3c2)OC1(C)C.FC(F)(F)c1cc2cc(Br)ccc2[nH]1. The van der Waals surface area contributed by atoms with E-state index in [1.165, 1.54) is 0 Å². The Labute approximate surface area is 211 Å². The average Bonchev–Trinajstić information content (AvgIpc) is 3.41. The highest BCUT2D eigenvalue weighted by atomic mass is 79.9. The molecule has 1 fully saturated rings. The van der Waals surface area contributed by atoms with E-state index >= 15 is 0 Å². The van der Waals surface area contributed by atoms with E-state index in [-0.39, 0.29) is 0 Å². The second-order valence-corrected chi connectivity index (χ2v) is 10.4. The molecule has 4 nitrogen and oxygen atoms in total. The fraction of sp³-hybridized carbons (Fsp3) is 0.333. The van der Waals surface area contributed by atoms with Gasteiger partial charge in [-0.15, -0.1) is 0 Å². The lowest BCUT2D eigenvalue weighted by Gasteiger charge is -2.32. The van der Waals surface area contributed by atoms with E-state index < -0.39 is 42.1 Å². The first-order chi connectivity index (χ1) is 16.5. The lowest BCUT2D eigenvalue weighted by molar-refractivity contribution is -0.141. The van der Waals surface area contributed by atoms with Crippen LogP contribution in [0.15, 0.2) is 53.0 Å². The highest BCUT2D eigenvalue weighted by Crippen LogP contribution is 2.37. The minimum atomic E-state index is -4.39. The third-order valence-electron chi connectivity index (χ3n) is 6.36. The maximum absolute atomic E-state index is 12.8. The van der Waals surface area contributed by atoms with E-state index in [0.29, 0.717) is 27.3 Å². The lowest BCUT2D eigenvalue weighted by Crippen LogP contribution is -2.41. The molecule has 2 aromatic carbocycles. The molecule has 36 heavy (non-hydrogen) atoms. The summed E-state index contributed by atoms with van der Waals surface area (Å²) in [4.78, 5) is 4.70. The van der Waals surface area contributed by atoms with Crippen molar-refractivity contribution in [2.24, 2.45) is 0 Å². The number of hydrogen-bond donors (Lipinski definition) is 2. The van der Waals surface area contributed by atoms with Crippen LogP contribution in [0.3, 0.4) is 0 Å². The first-order valence-electron chi connectivity index (χ1n) is 10.9. The van der Waals surface area contributed by atoms with Gasteiger partial charge in [-0.25, -0.2) is 0 Å². The van der Waals surface area contributed by atoms with Gasteiger partial charge < -0.3 is 19.3 Å². The monoisotopic (exact) mass is 574 g/mol. The fourth-order valence-corrected chi connectivity index (χ4v) is 4.06. The quantitative estimate of drug-likeness (QED) is 0.183. The van der Waals surface area contributed by atoms with Gasteiger partial charge in [-0.2, -0.15) is 26.3 Å². The van der Waals surface area contributed by atoms with E-state index in [4.69, 9.17) is 9.31 Å². The molecule has 1 aliphatic heterocycles. The Morgan fingerprint density at radius 3 is 1.61 bits per heavy atom. The molecule has 2 aromatic heterocycles. The number of benzene rings is 2. The summed E-state index contributed by atoms with van der Waals surface area (Å²) >= 11 is 3.20. The highest BCUT2D eigenvalue weighted by Gasteiger charge is 2.51. The van der Waals surface area contributed by atoms with Crippen LogP contribution >= 0.6 is 15.9 Å². The van der Waals surface area contributed by atoms with Gasteiger partial charge in [0.2, 0.25) is 0 Å². The van der Waals surface area contributed by atoms with Crippen molar-refractivity contribution in [3.8, 4) is 0 Å². The summed E-state index contributed by atoms with van der Waals surface area (Å²) in [7, 11) is -0.585. The van der Waals surface area contributed by atoms with Gasteiger partial charge in [0.05, 0.1) is 11.2 Å². The Morgan fingerprint density at radius 1 is 0.694 bits per heavy atom. The van der Waals surface area contributed by atoms with Crippen LogP contribution in [0, 0.1) is 0 Å². The van der Waals surface area contributed by atoms with Crippen molar-refractivity contribution < 1.29 is 35.7 Å². The van der Waals surface area contributed by atoms with Gasteiger partial charge in [-0.3, -0.25) is 0 Å². The Balaban J connectivity index is 0.000000187. The molecule has 12 heteroatoms. The number of halogens is 7. The molecule has 192 valence electrons. The molecule has 0 atom stereocenters. The number of aromatic amines is 2. The van der Waals surface area contributed by atoms with Crippen molar-refractivity contribution in [2.45, 2.75) is 51.2 Å². The van der Waals surface area contributed by atoms with Gasteiger partial charge in [0.25, 0.3) is 0 Å². The molecule has 0 bridgehead atoms. The number of hydrogen-bond acceptors (Lipinski definition) is 2. The Hall–Kier alpha value is -2.44. The van der Waals surface area contributed by atoms with Crippen LogP contribution in [-0.2, 0) is 21.7 Å². The number of fused-ring (bicyclic) bond motifs is 2. The average molecular weight is 575 g/mol. The van der Waals surface area contributed by atoms with Crippen molar-refractivity contribution in [2.75, 3.05) is 0 Å². The van der Waals surface area contributed by atoms with E-state index in [9.17, 15) is 26.3 Å². The summed E-state index contributed by atoms with van der Waals surface area (Å²) in [6, 6.07) is 12.1. The van der Waals surface area contributed by atoms with Crippen LogP contribution < -0.4 is 5.46 Å². The third kappa shape index (κ3) is 5.30. The van der Waals surface area contributed by atoms with E-state index in [2.05, 4.69) is 25.9 Å². The second kappa shape index (κ2) is 8.85. The van der Waals surface area contributed by atoms with Crippen LogP contribution in [0.25, 0.3) is 21.8 Å². The molecule has 4 aromatic rings. The first kappa shape index (κ1) is 26.6. The van der Waals surface area contributed by atoms with Crippen molar-refractivity contribution >= 4 is 50.3 Å². The minimum absolute atomic E-state index is 0.438. The second-order valence-electron chi connectivity index (χ2n) is 9.53. The topological polar surface area (TPSA) is 50.0 Å². The maximum atomic E-state index is 12.8. The molecule has 5 rings (SSSR count). The predicted molar refractivity (Wildman–Crippen MR) is 130 cm³/mol. The zero-order chi connectivity index (χ0) is 26.7. The Kier molecular flexibility index (Phi) is 6.54. The predicted octanol–water partition coefficient (Wildman–Crippen LogP) is 7.44. The van der Waals surface area contributed by atoms with Crippen molar-refractivity contribution in [3.05, 3.63) is 64.4 Å². The maximum Gasteiger partial charge on any atom is 0.494 e. The number of alkyl halides is 6. The summed E-state index contributed by atoms with van der Waals surface area (Å²) in [5.74, 6) is 0. The molecule has 1 saturated heterocycles. The zero-order valence-electron chi connectivity index (χ0n) is 19.7. The summed E-state index contributed by atoms with van der Waals surface area (Å²) < 4.78 is 87.7. The van der Waals surface area contributed by atoms with Gasteiger partial charge in [-0.05, 0) is 74.9 Å². The Bertz CT molecular complexity index is 1390. The van der Waals surface area contributed by atoms with E-state index in [1.807, 2.05) is 27.7 Å². The van der Waals surface area contributed by atoms with Gasteiger partial charge in [0.15, 0.2) is 0 Å². The molecule has 3 heterocycles. The van der Waals surface area contributed by atoms with E-state index in [0.717, 1.165) is 16.6 Å². The van der Waals surface area contributed by atoms with Gasteiger partial charge in [0.1, 0.15) is 11.4 Å². The molecule has 0 radical (unpaired) electrons. The molecule has 1 aliphatic rings. The minimum Gasteiger partial charge on any atom is -0.399 e. The van der Waals surface area contributed by atoms with Gasteiger partial charge >= 0.3 is 19.5 Å². The van der Waals surface area contributed by atoms with Crippen molar-refractivity contribution in [1.82, 2.24) is 9.97 Å². The standard InChI is InChI=1S/C15H17BF3NO2.C9H5BrF3N/c1-13(2)14(3,4)22-16(21-13)10-5-6-11-9(7-10)8-12(20-11)15(17,18)19;10-6-1-2-7-5(3-6)4-8(14-7)9(11,12)13/h5-8,20H,1-4H3;1-4,14H. The van der Waals surface area contributed by atoms with Crippen molar-refractivity contribution in [1.29, 1.82) is 0 Å². The third-order valence-corrected chi connectivity index (χ3v) is 6.86. The lowest BCUT2D eigenvalue weighted by atomic mass is 9.79. The zero-order valence-corrected chi connectivity index (χ0v) is 21.2. The molecule has 2 N–H and O–H groups in total. The number of nitrogens with one attached hydrogen (secondary N) is 2. The number of aromatic nitrogens is 2. The largest absolute Gasteiger partial charge is 0.494 e. The van der Waals surface area contributed by atoms with Gasteiger partial charge in [-0.1, -0.05) is 28.1 Å². The molecular weight excluding hydrogens is 553 g/mol. The molecule has 0 spiro atoms. The molecule has 0 aliphatic carbocycles. The molecule has 0 amide bonds. The molecular formula is C24H22BBrF6N2O2. The first-order valence-corrected chi connectivity index (χ1v) is 11.7. The summed E-state index contributed by atoms with van der Waals surface area (Å²) in [6.07, 6.45) is -8.70. The number of H-pyrrole nitrogens is 2. The summed E-state index contributed by atoms with van der Waals surface area (Å²) in [6.45, 7) is 7.74. The van der Waals surface area contributed by atoms with Gasteiger partial charge in [0, 0.05) is 20.9 Å². The van der Waals surface area contributed by atoms with Crippen LogP contribution in [0.5, 0.6) is 0 Å². The van der Waals surface area contributed by atoms with Crippen LogP contribution in [0.1, 0.15) is 39.1 Å². The smallest absolute Gasteiger partial charge is 0.399 e. The Morgan fingerprint density at radius 2 is 1.14 bits per heavy atom. The molecule has 0 unspecified atom stereocenters. The van der Waals surface area contributed by atoms with Crippen LogP contribution in [0.4, 0.5) is 26.3 Å². The summed E-state index contributed by atoms with van der Waals surface area (Å²) in [5, 5.41) is 1.03. The normalized spacial score (nSPS) is 17.5. The fourth-order valence-electron chi connectivity index (χ4n) is 3.69. The molecule has 0 saturated carbocycles. The summed E-state index contributed by atoms with van der Waals surface area (Å²) in [5.41, 5.74) is -0.810. The van der Waals surface area contributed by atoms with E-state index in [1.54, 1.807) is 36.4 Å².